The number of halogens is 1. The summed E-state index contributed by atoms with van der Waals surface area (Å²) >= 11 is 3.38. The lowest BCUT2D eigenvalue weighted by Crippen LogP contribution is -2.44. The van der Waals surface area contributed by atoms with Crippen molar-refractivity contribution in [3.63, 3.8) is 0 Å². The summed E-state index contributed by atoms with van der Waals surface area (Å²) in [5, 5.41) is 0. The second-order valence-corrected chi connectivity index (χ2v) is 7.38. The lowest BCUT2D eigenvalue weighted by molar-refractivity contribution is 0.0153. The van der Waals surface area contributed by atoms with Crippen LogP contribution in [0.4, 0.5) is 4.79 Å². The van der Waals surface area contributed by atoms with Crippen molar-refractivity contribution in [1.82, 2.24) is 14.9 Å². The third-order valence-corrected chi connectivity index (χ3v) is 4.03. The van der Waals surface area contributed by atoms with Crippen LogP contribution in [0.5, 0.6) is 0 Å². The van der Waals surface area contributed by atoms with Gasteiger partial charge in [0.15, 0.2) is 0 Å². The highest BCUT2D eigenvalue weighted by atomic mass is 79.9. The van der Waals surface area contributed by atoms with Crippen LogP contribution in [0.2, 0.25) is 0 Å². The number of rotatable bonds is 1. The van der Waals surface area contributed by atoms with Gasteiger partial charge in [0, 0.05) is 24.7 Å². The van der Waals surface area contributed by atoms with E-state index in [9.17, 15) is 4.79 Å². The Morgan fingerprint density at radius 1 is 1.43 bits per heavy atom. The first-order valence-electron chi connectivity index (χ1n) is 7.21. The van der Waals surface area contributed by atoms with E-state index in [0.29, 0.717) is 24.9 Å². The van der Waals surface area contributed by atoms with E-state index in [4.69, 9.17) is 4.74 Å². The molecule has 5 nitrogen and oxygen atoms in total. The Morgan fingerprint density at radius 2 is 2.14 bits per heavy atom. The second-order valence-electron chi connectivity index (χ2n) is 6.56. The van der Waals surface area contributed by atoms with Crippen LogP contribution < -0.4 is 0 Å². The van der Waals surface area contributed by atoms with E-state index in [1.807, 2.05) is 26.8 Å². The minimum Gasteiger partial charge on any atom is -0.444 e. The highest BCUT2D eigenvalue weighted by molar-refractivity contribution is 9.10. The molecule has 2 unspecified atom stereocenters. The fourth-order valence-corrected chi connectivity index (χ4v) is 2.95. The van der Waals surface area contributed by atoms with Gasteiger partial charge in [-0.05, 0) is 55.1 Å². The van der Waals surface area contributed by atoms with Gasteiger partial charge in [-0.15, -0.1) is 0 Å². The Hall–Kier alpha value is -1.17. The number of nitrogens with zero attached hydrogens (tertiary/aromatic N) is 3. The molecular weight excluding hydrogens is 334 g/mol. The first kappa shape index (κ1) is 16.2. The molecule has 0 spiro atoms. The van der Waals surface area contributed by atoms with E-state index < -0.39 is 5.60 Å². The molecule has 0 aromatic carbocycles. The fourth-order valence-electron chi connectivity index (χ4n) is 2.63. The number of piperidine rings is 1. The highest BCUT2D eigenvalue weighted by Gasteiger charge is 2.32. The van der Waals surface area contributed by atoms with Crippen LogP contribution in [0.1, 0.15) is 45.7 Å². The largest absolute Gasteiger partial charge is 0.444 e. The van der Waals surface area contributed by atoms with Gasteiger partial charge >= 0.3 is 6.09 Å². The molecule has 1 aliphatic rings. The standard InChI is InChI=1S/C15H22BrN3O2/c1-10-8-19(14(20)21-15(2,3)4)6-5-11(10)12-7-13(16)18-9-17-12/h7,9-11H,5-6,8H2,1-4H3. The molecule has 0 bridgehead atoms. The Balaban J connectivity index is 2.01. The van der Waals surface area contributed by atoms with Gasteiger partial charge in [-0.25, -0.2) is 14.8 Å². The van der Waals surface area contributed by atoms with Crippen LogP contribution in [-0.2, 0) is 4.74 Å². The second kappa shape index (κ2) is 6.30. The van der Waals surface area contributed by atoms with Gasteiger partial charge in [-0.2, -0.15) is 0 Å². The molecule has 2 heterocycles. The van der Waals surface area contributed by atoms with Crippen molar-refractivity contribution in [3.05, 3.63) is 22.7 Å². The van der Waals surface area contributed by atoms with Crippen molar-refractivity contribution in [1.29, 1.82) is 0 Å². The molecule has 21 heavy (non-hydrogen) atoms. The zero-order chi connectivity index (χ0) is 15.6. The van der Waals surface area contributed by atoms with Gasteiger partial charge in [-0.1, -0.05) is 6.92 Å². The van der Waals surface area contributed by atoms with Crippen LogP contribution in [0.25, 0.3) is 0 Å². The maximum absolute atomic E-state index is 12.1. The average molecular weight is 356 g/mol. The molecular formula is C15H22BrN3O2. The van der Waals surface area contributed by atoms with Gasteiger partial charge in [0.05, 0.1) is 0 Å². The lowest BCUT2D eigenvalue weighted by atomic mass is 9.84. The zero-order valence-electron chi connectivity index (χ0n) is 13.0. The first-order chi connectivity index (χ1) is 9.76. The van der Waals surface area contributed by atoms with E-state index >= 15 is 0 Å². The summed E-state index contributed by atoms with van der Waals surface area (Å²) < 4.78 is 6.24. The number of carbonyl (C=O) groups excluding carboxylic acids is 1. The maximum Gasteiger partial charge on any atom is 0.410 e. The fraction of sp³-hybridized carbons (Fsp3) is 0.667. The normalized spacial score (nSPS) is 23.0. The molecule has 1 aromatic rings. The summed E-state index contributed by atoms with van der Waals surface area (Å²) in [5.41, 5.74) is 0.586. The zero-order valence-corrected chi connectivity index (χ0v) is 14.6. The van der Waals surface area contributed by atoms with E-state index in [2.05, 4.69) is 32.8 Å². The Labute approximate surface area is 134 Å². The van der Waals surface area contributed by atoms with Crippen molar-refractivity contribution in [3.8, 4) is 0 Å². The van der Waals surface area contributed by atoms with Gasteiger partial charge in [0.1, 0.15) is 16.5 Å². The van der Waals surface area contributed by atoms with Crippen molar-refractivity contribution < 1.29 is 9.53 Å². The van der Waals surface area contributed by atoms with Crippen LogP contribution >= 0.6 is 15.9 Å². The molecule has 1 amide bonds. The van der Waals surface area contributed by atoms with Crippen molar-refractivity contribution in [2.24, 2.45) is 5.92 Å². The highest BCUT2D eigenvalue weighted by Crippen LogP contribution is 2.32. The van der Waals surface area contributed by atoms with Gasteiger partial charge in [0.2, 0.25) is 0 Å². The van der Waals surface area contributed by atoms with E-state index in [-0.39, 0.29) is 6.09 Å². The third kappa shape index (κ3) is 4.40. The number of amides is 1. The Kier molecular flexibility index (Phi) is 4.86. The van der Waals surface area contributed by atoms with Crippen LogP contribution in [0, 0.1) is 5.92 Å². The number of carbonyl (C=O) groups is 1. The van der Waals surface area contributed by atoms with Gasteiger partial charge in [-0.3, -0.25) is 0 Å². The number of hydrogen-bond acceptors (Lipinski definition) is 4. The summed E-state index contributed by atoms with van der Waals surface area (Å²) in [4.78, 5) is 22.4. The Bertz CT molecular complexity index is 516. The van der Waals surface area contributed by atoms with Crippen molar-refractivity contribution >= 4 is 22.0 Å². The van der Waals surface area contributed by atoms with Gasteiger partial charge < -0.3 is 9.64 Å². The predicted octanol–water partition coefficient (Wildman–Crippen LogP) is 3.60. The predicted molar refractivity (Wildman–Crippen MR) is 84.1 cm³/mol. The Morgan fingerprint density at radius 3 is 2.71 bits per heavy atom. The minimum atomic E-state index is -0.450. The topological polar surface area (TPSA) is 55.3 Å². The van der Waals surface area contributed by atoms with E-state index in [1.165, 1.54) is 0 Å². The number of likely N-dealkylation sites (tertiary alicyclic amines) is 1. The molecule has 1 aromatic heterocycles. The number of aromatic nitrogens is 2. The van der Waals surface area contributed by atoms with Crippen LogP contribution in [-0.4, -0.2) is 39.7 Å². The number of ether oxygens (including phenoxy) is 1. The monoisotopic (exact) mass is 355 g/mol. The summed E-state index contributed by atoms with van der Waals surface area (Å²) in [7, 11) is 0. The van der Waals surface area contributed by atoms with E-state index in [0.717, 1.165) is 16.7 Å². The smallest absolute Gasteiger partial charge is 0.410 e. The van der Waals surface area contributed by atoms with Crippen LogP contribution in [0.15, 0.2) is 17.0 Å². The third-order valence-electron chi connectivity index (χ3n) is 3.59. The molecule has 0 aliphatic carbocycles. The minimum absolute atomic E-state index is 0.225. The van der Waals surface area contributed by atoms with Crippen molar-refractivity contribution in [2.75, 3.05) is 13.1 Å². The SMILES string of the molecule is CC1CN(C(=O)OC(C)(C)C)CCC1c1cc(Br)ncn1. The first-order valence-corrected chi connectivity index (χ1v) is 8.01. The van der Waals surface area contributed by atoms with Gasteiger partial charge in [0.25, 0.3) is 0 Å². The van der Waals surface area contributed by atoms with E-state index in [1.54, 1.807) is 11.2 Å². The quantitative estimate of drug-likeness (QED) is 0.722. The summed E-state index contributed by atoms with van der Waals surface area (Å²) in [6, 6.07) is 1.96. The van der Waals surface area contributed by atoms with Crippen LogP contribution in [0.3, 0.4) is 0 Å². The summed E-state index contributed by atoms with van der Waals surface area (Å²) in [6.07, 6.45) is 2.24. The molecule has 1 fully saturated rings. The maximum atomic E-state index is 12.1. The molecule has 0 N–H and O–H groups in total. The molecule has 0 radical (unpaired) electrons. The average Bonchev–Trinajstić information content (AvgIpc) is 2.36. The molecule has 6 heteroatoms. The molecule has 2 atom stereocenters. The number of hydrogen-bond donors (Lipinski definition) is 0. The summed E-state index contributed by atoms with van der Waals surface area (Å²) in [5.74, 6) is 0.691. The molecule has 1 aliphatic heterocycles. The molecule has 1 saturated heterocycles. The molecule has 2 rings (SSSR count). The molecule has 116 valence electrons. The van der Waals surface area contributed by atoms with Crippen molar-refractivity contribution in [2.45, 2.75) is 45.6 Å². The molecule has 0 saturated carbocycles. The lowest BCUT2D eigenvalue weighted by Gasteiger charge is -2.37. The summed E-state index contributed by atoms with van der Waals surface area (Å²) in [6.45, 7) is 9.21.